The lowest BCUT2D eigenvalue weighted by Gasteiger charge is -2.09. The van der Waals surface area contributed by atoms with E-state index in [0.29, 0.717) is 33.5 Å². The molecule has 0 radical (unpaired) electrons. The highest BCUT2D eigenvalue weighted by atomic mass is 35.5. The minimum atomic E-state index is -0.460. The summed E-state index contributed by atoms with van der Waals surface area (Å²) in [6.45, 7) is -0.229. The van der Waals surface area contributed by atoms with Crippen molar-refractivity contribution in [3.05, 3.63) is 70.1 Å². The number of rotatable bonds is 8. The van der Waals surface area contributed by atoms with Crippen LogP contribution in [0.4, 0.5) is 5.69 Å². The molecule has 180 valence electrons. The van der Waals surface area contributed by atoms with E-state index < -0.39 is 11.5 Å². The first-order valence-corrected chi connectivity index (χ1v) is 10.7. The number of halogens is 1. The fourth-order valence-electron chi connectivity index (χ4n) is 3.35. The van der Waals surface area contributed by atoms with Crippen LogP contribution in [0.5, 0.6) is 17.2 Å². The summed E-state index contributed by atoms with van der Waals surface area (Å²) >= 11 is 6.10. The largest absolute Gasteiger partial charge is 0.495 e. The Morgan fingerprint density at radius 1 is 1.03 bits per heavy atom. The van der Waals surface area contributed by atoms with Gasteiger partial charge in [0.2, 0.25) is 11.7 Å². The van der Waals surface area contributed by atoms with Crippen molar-refractivity contribution in [3.63, 3.8) is 0 Å². The zero-order valence-electron chi connectivity index (χ0n) is 19.1. The number of carbonyl (C=O) groups is 1. The molecule has 0 unspecified atom stereocenters. The molecule has 1 N–H and O–H groups in total. The molecule has 1 amide bonds. The molecule has 11 heteroatoms. The van der Waals surface area contributed by atoms with Crippen molar-refractivity contribution < 1.29 is 23.5 Å². The quantitative estimate of drug-likeness (QED) is 0.390. The Hall–Kier alpha value is -4.31. The molecular weight excluding hydrogens is 476 g/mol. The Balaban J connectivity index is 1.54. The molecule has 2 aromatic carbocycles. The van der Waals surface area contributed by atoms with E-state index in [4.69, 9.17) is 30.3 Å². The number of hydrogen-bond donors (Lipinski definition) is 1. The van der Waals surface area contributed by atoms with Gasteiger partial charge in [-0.2, -0.15) is 4.98 Å². The van der Waals surface area contributed by atoms with E-state index in [2.05, 4.69) is 15.5 Å². The van der Waals surface area contributed by atoms with Gasteiger partial charge in [0.25, 0.3) is 11.4 Å². The normalized spacial score (nSPS) is 10.6. The lowest BCUT2D eigenvalue weighted by Crippen LogP contribution is -2.28. The zero-order chi connectivity index (χ0) is 24.9. The van der Waals surface area contributed by atoms with E-state index in [-0.39, 0.29) is 23.8 Å². The second-order valence-electron chi connectivity index (χ2n) is 7.25. The number of aromatic nitrogens is 3. The second-order valence-corrected chi connectivity index (χ2v) is 7.65. The van der Waals surface area contributed by atoms with Gasteiger partial charge in [-0.1, -0.05) is 16.8 Å². The standard InChI is InChI=1S/C24H21ClN4O6/c1-32-18-9-7-15(12-17(18)25)26-21(30)13-29-10-4-5-16(24(29)31)23-27-22(28-35-23)14-6-8-19(33-2)20(11-14)34-3/h4-12H,13H2,1-3H3,(H,26,30). The smallest absolute Gasteiger partial charge is 0.263 e. The molecule has 0 aliphatic carbocycles. The Morgan fingerprint density at radius 2 is 1.77 bits per heavy atom. The van der Waals surface area contributed by atoms with Crippen LogP contribution in [0.3, 0.4) is 0 Å². The van der Waals surface area contributed by atoms with Gasteiger partial charge in [0, 0.05) is 17.4 Å². The van der Waals surface area contributed by atoms with Crippen LogP contribution in [0, 0.1) is 0 Å². The van der Waals surface area contributed by atoms with Crippen LogP contribution in [0.15, 0.2) is 64.0 Å². The minimum absolute atomic E-state index is 0.0245. The summed E-state index contributed by atoms with van der Waals surface area (Å²) in [6.07, 6.45) is 1.50. The summed E-state index contributed by atoms with van der Waals surface area (Å²) < 4.78 is 22.2. The summed E-state index contributed by atoms with van der Waals surface area (Å²) in [6, 6.07) is 13.2. The van der Waals surface area contributed by atoms with Gasteiger partial charge in [0.05, 0.1) is 26.4 Å². The molecule has 2 aromatic heterocycles. The molecular formula is C24H21ClN4O6. The van der Waals surface area contributed by atoms with E-state index in [1.54, 1.807) is 48.5 Å². The number of ether oxygens (including phenoxy) is 3. The summed E-state index contributed by atoms with van der Waals surface area (Å²) in [5, 5.41) is 7.03. The Morgan fingerprint density at radius 3 is 2.49 bits per heavy atom. The number of pyridine rings is 1. The van der Waals surface area contributed by atoms with E-state index >= 15 is 0 Å². The van der Waals surface area contributed by atoms with E-state index in [9.17, 15) is 9.59 Å². The average molecular weight is 497 g/mol. The first kappa shape index (κ1) is 23.8. The van der Waals surface area contributed by atoms with Crippen molar-refractivity contribution in [2.24, 2.45) is 0 Å². The number of nitrogens with one attached hydrogen (secondary N) is 1. The van der Waals surface area contributed by atoms with Crippen LogP contribution >= 0.6 is 11.6 Å². The predicted octanol–water partition coefficient (Wildman–Crippen LogP) is 3.88. The van der Waals surface area contributed by atoms with Gasteiger partial charge in [-0.05, 0) is 48.5 Å². The highest BCUT2D eigenvalue weighted by Crippen LogP contribution is 2.32. The molecule has 0 atom stereocenters. The van der Waals surface area contributed by atoms with Crippen LogP contribution in [0.1, 0.15) is 0 Å². The fraction of sp³-hybridized carbons (Fsp3) is 0.167. The van der Waals surface area contributed by atoms with Crippen LogP contribution in [0.25, 0.3) is 22.8 Å². The monoisotopic (exact) mass is 496 g/mol. The number of nitrogens with zero attached hydrogens (tertiary/aromatic N) is 3. The van der Waals surface area contributed by atoms with Gasteiger partial charge in [0.1, 0.15) is 17.9 Å². The summed E-state index contributed by atoms with van der Waals surface area (Å²) in [7, 11) is 4.56. The maximum absolute atomic E-state index is 13.0. The minimum Gasteiger partial charge on any atom is -0.495 e. The molecule has 0 aliphatic rings. The maximum atomic E-state index is 13.0. The number of anilines is 1. The number of methoxy groups -OCH3 is 3. The molecule has 10 nitrogen and oxygen atoms in total. The fourth-order valence-corrected chi connectivity index (χ4v) is 3.61. The summed E-state index contributed by atoms with van der Waals surface area (Å²) in [5.41, 5.74) is 0.790. The lowest BCUT2D eigenvalue weighted by molar-refractivity contribution is -0.116. The lowest BCUT2D eigenvalue weighted by atomic mass is 10.2. The van der Waals surface area contributed by atoms with Crippen molar-refractivity contribution in [1.82, 2.24) is 14.7 Å². The first-order chi connectivity index (χ1) is 16.9. The van der Waals surface area contributed by atoms with Crippen LogP contribution in [-0.4, -0.2) is 41.9 Å². The molecule has 0 bridgehead atoms. The Kier molecular flexibility index (Phi) is 7.02. The molecule has 0 spiro atoms. The van der Waals surface area contributed by atoms with Gasteiger partial charge in [-0.25, -0.2) is 0 Å². The number of amides is 1. The third kappa shape index (κ3) is 5.12. The van der Waals surface area contributed by atoms with Crippen molar-refractivity contribution >= 4 is 23.2 Å². The predicted molar refractivity (Wildman–Crippen MR) is 129 cm³/mol. The molecule has 35 heavy (non-hydrogen) atoms. The second kappa shape index (κ2) is 10.3. The van der Waals surface area contributed by atoms with Gasteiger partial charge in [-0.3, -0.25) is 9.59 Å². The van der Waals surface area contributed by atoms with E-state index in [1.165, 1.54) is 32.1 Å². The van der Waals surface area contributed by atoms with E-state index in [0.717, 1.165) is 0 Å². The third-order valence-electron chi connectivity index (χ3n) is 5.07. The molecule has 0 fully saturated rings. The van der Waals surface area contributed by atoms with Crippen molar-refractivity contribution in [3.8, 4) is 40.1 Å². The molecule has 4 rings (SSSR count). The van der Waals surface area contributed by atoms with Gasteiger partial charge in [-0.15, -0.1) is 0 Å². The van der Waals surface area contributed by atoms with Crippen LogP contribution in [-0.2, 0) is 11.3 Å². The van der Waals surface area contributed by atoms with Gasteiger partial charge >= 0.3 is 0 Å². The number of hydrogen-bond acceptors (Lipinski definition) is 8. The van der Waals surface area contributed by atoms with Crippen LogP contribution < -0.4 is 25.1 Å². The molecule has 0 saturated carbocycles. The highest BCUT2D eigenvalue weighted by Gasteiger charge is 2.17. The zero-order valence-corrected chi connectivity index (χ0v) is 19.8. The van der Waals surface area contributed by atoms with Crippen LogP contribution in [0.2, 0.25) is 5.02 Å². The SMILES string of the molecule is COc1ccc(NC(=O)Cn2cccc(-c3nc(-c4ccc(OC)c(OC)c4)no3)c2=O)cc1Cl. The molecule has 0 saturated heterocycles. The van der Waals surface area contributed by atoms with E-state index in [1.807, 2.05) is 0 Å². The maximum Gasteiger partial charge on any atom is 0.263 e. The first-order valence-electron chi connectivity index (χ1n) is 10.3. The van der Waals surface area contributed by atoms with Gasteiger partial charge in [0.15, 0.2) is 11.5 Å². The number of carbonyl (C=O) groups excluding carboxylic acids is 1. The highest BCUT2D eigenvalue weighted by molar-refractivity contribution is 6.32. The summed E-state index contributed by atoms with van der Waals surface area (Å²) in [5.74, 6) is 1.42. The Labute approximate surface area is 205 Å². The average Bonchev–Trinajstić information content (AvgIpc) is 3.35. The number of benzene rings is 2. The van der Waals surface area contributed by atoms with Crippen molar-refractivity contribution in [2.75, 3.05) is 26.6 Å². The topological polar surface area (TPSA) is 118 Å². The van der Waals surface area contributed by atoms with Crippen molar-refractivity contribution in [2.45, 2.75) is 6.54 Å². The van der Waals surface area contributed by atoms with Crippen molar-refractivity contribution in [1.29, 1.82) is 0 Å². The third-order valence-corrected chi connectivity index (χ3v) is 5.36. The molecule has 2 heterocycles. The summed E-state index contributed by atoms with van der Waals surface area (Å²) in [4.78, 5) is 29.9. The molecule has 0 aliphatic heterocycles. The molecule has 4 aromatic rings. The van der Waals surface area contributed by atoms with Gasteiger partial charge < -0.3 is 28.6 Å². The Bertz CT molecular complexity index is 1430.